The van der Waals surface area contributed by atoms with Gasteiger partial charge in [0, 0.05) is 36.6 Å². The van der Waals surface area contributed by atoms with Crippen LogP contribution in [0.25, 0.3) is 0 Å². The summed E-state index contributed by atoms with van der Waals surface area (Å²) in [5.41, 5.74) is 1.02. The monoisotopic (exact) mass is 364 g/mol. The highest BCUT2D eigenvalue weighted by molar-refractivity contribution is 9.10. The van der Waals surface area contributed by atoms with Crippen LogP contribution in [0.5, 0.6) is 0 Å². The zero-order valence-corrected chi connectivity index (χ0v) is 13.8. The van der Waals surface area contributed by atoms with Crippen molar-refractivity contribution >= 4 is 33.5 Å². The van der Waals surface area contributed by atoms with Crippen LogP contribution < -0.4 is 10.6 Å². The largest absolute Gasteiger partial charge is 0.385 e. The number of carbonyl (C=O) groups is 1. The van der Waals surface area contributed by atoms with Crippen molar-refractivity contribution in [3.63, 3.8) is 0 Å². The van der Waals surface area contributed by atoms with Gasteiger partial charge in [0.2, 0.25) is 5.95 Å². The third-order valence-corrected chi connectivity index (χ3v) is 3.33. The van der Waals surface area contributed by atoms with Gasteiger partial charge in [0.25, 0.3) is 5.91 Å². The Morgan fingerprint density at radius 1 is 1.27 bits per heavy atom. The maximum Gasteiger partial charge on any atom is 0.274 e. The number of anilines is 2. The average Bonchev–Trinajstić information content (AvgIpc) is 2.54. The Kier molecular flexibility index (Phi) is 6.29. The van der Waals surface area contributed by atoms with E-state index in [9.17, 15) is 4.79 Å². The minimum absolute atomic E-state index is 0.273. The summed E-state index contributed by atoms with van der Waals surface area (Å²) in [7, 11) is 1.66. The van der Waals surface area contributed by atoms with E-state index in [4.69, 9.17) is 4.74 Å². The Balaban J connectivity index is 1.96. The highest BCUT2D eigenvalue weighted by atomic mass is 79.9. The van der Waals surface area contributed by atoms with Crippen molar-refractivity contribution in [1.29, 1.82) is 0 Å². The van der Waals surface area contributed by atoms with Crippen LogP contribution in [0.2, 0.25) is 0 Å². The Morgan fingerprint density at radius 2 is 2.05 bits per heavy atom. The molecule has 22 heavy (non-hydrogen) atoms. The molecule has 0 radical (unpaired) electrons. The quantitative estimate of drug-likeness (QED) is 0.738. The lowest BCUT2D eigenvalue weighted by Crippen LogP contribution is -2.15. The summed E-state index contributed by atoms with van der Waals surface area (Å²) in [4.78, 5) is 20.5. The fourth-order valence-electron chi connectivity index (χ4n) is 1.72. The number of nitrogens with zero attached hydrogens (tertiary/aromatic N) is 2. The van der Waals surface area contributed by atoms with E-state index in [0.717, 1.165) is 10.9 Å². The number of nitrogens with one attached hydrogen (secondary N) is 2. The molecule has 0 saturated carbocycles. The van der Waals surface area contributed by atoms with Crippen LogP contribution in [-0.4, -0.2) is 36.1 Å². The van der Waals surface area contributed by atoms with E-state index in [1.807, 2.05) is 24.3 Å². The fourth-order valence-corrected chi connectivity index (χ4v) is 1.98. The third kappa shape index (κ3) is 5.09. The van der Waals surface area contributed by atoms with Crippen molar-refractivity contribution < 1.29 is 9.53 Å². The van der Waals surface area contributed by atoms with Crippen molar-refractivity contribution in [2.75, 3.05) is 30.9 Å². The summed E-state index contributed by atoms with van der Waals surface area (Å²) in [5, 5.41) is 5.85. The molecule has 6 nitrogen and oxygen atoms in total. The van der Waals surface area contributed by atoms with Crippen molar-refractivity contribution in [3.05, 3.63) is 46.7 Å². The second-order valence-corrected chi connectivity index (χ2v) is 5.42. The summed E-state index contributed by atoms with van der Waals surface area (Å²) in [5.74, 6) is 0.157. The maximum atomic E-state index is 12.2. The molecule has 2 aromatic rings. The molecular weight excluding hydrogens is 348 g/mol. The number of aromatic nitrogens is 2. The first-order chi connectivity index (χ1) is 10.7. The predicted octanol–water partition coefficient (Wildman–Crippen LogP) is 2.94. The molecule has 0 aliphatic heterocycles. The molecule has 0 spiro atoms. The Labute approximate surface area is 137 Å². The third-order valence-electron chi connectivity index (χ3n) is 2.80. The van der Waals surface area contributed by atoms with E-state index in [1.165, 1.54) is 0 Å². The summed E-state index contributed by atoms with van der Waals surface area (Å²) in [6, 6.07) is 8.92. The first-order valence-electron chi connectivity index (χ1n) is 6.82. The zero-order chi connectivity index (χ0) is 15.8. The van der Waals surface area contributed by atoms with Crippen LogP contribution in [0.4, 0.5) is 11.6 Å². The number of methoxy groups -OCH3 is 1. The van der Waals surface area contributed by atoms with Gasteiger partial charge in [-0.05, 0) is 36.8 Å². The molecule has 2 N–H and O–H groups in total. The molecule has 0 aliphatic carbocycles. The Hall–Kier alpha value is -1.99. The van der Waals surface area contributed by atoms with Crippen LogP contribution in [0.1, 0.15) is 16.9 Å². The molecule has 0 fully saturated rings. The lowest BCUT2D eigenvalue weighted by atomic mass is 10.3. The number of hydrogen-bond acceptors (Lipinski definition) is 5. The lowest BCUT2D eigenvalue weighted by Gasteiger charge is -2.07. The van der Waals surface area contributed by atoms with Gasteiger partial charge in [-0.2, -0.15) is 0 Å². The normalized spacial score (nSPS) is 10.3. The van der Waals surface area contributed by atoms with Gasteiger partial charge in [-0.1, -0.05) is 15.9 Å². The lowest BCUT2D eigenvalue weighted by molar-refractivity contribution is 0.102. The van der Waals surface area contributed by atoms with Crippen LogP contribution in [0.15, 0.2) is 41.0 Å². The molecule has 1 heterocycles. The summed E-state index contributed by atoms with van der Waals surface area (Å²) >= 11 is 3.35. The van der Waals surface area contributed by atoms with Gasteiger partial charge >= 0.3 is 0 Å². The van der Waals surface area contributed by atoms with Gasteiger partial charge in [-0.25, -0.2) is 9.97 Å². The highest BCUT2D eigenvalue weighted by Gasteiger charge is 2.09. The Bertz CT molecular complexity index is 619. The molecule has 1 amide bonds. The smallest absolute Gasteiger partial charge is 0.274 e. The number of rotatable bonds is 7. The van der Waals surface area contributed by atoms with E-state index < -0.39 is 0 Å². The first kappa shape index (κ1) is 16.4. The molecule has 2 rings (SSSR count). The van der Waals surface area contributed by atoms with E-state index in [0.29, 0.717) is 30.5 Å². The van der Waals surface area contributed by atoms with Crippen molar-refractivity contribution in [3.8, 4) is 0 Å². The first-order valence-corrected chi connectivity index (χ1v) is 7.61. The highest BCUT2D eigenvalue weighted by Crippen LogP contribution is 2.14. The van der Waals surface area contributed by atoms with Crippen LogP contribution in [-0.2, 0) is 4.74 Å². The molecule has 1 aromatic carbocycles. The molecule has 1 aromatic heterocycles. The van der Waals surface area contributed by atoms with Gasteiger partial charge in [0.15, 0.2) is 0 Å². The second-order valence-electron chi connectivity index (χ2n) is 4.50. The van der Waals surface area contributed by atoms with Crippen molar-refractivity contribution in [2.45, 2.75) is 6.42 Å². The molecule has 7 heteroatoms. The number of benzene rings is 1. The van der Waals surface area contributed by atoms with Crippen LogP contribution in [0, 0.1) is 0 Å². The van der Waals surface area contributed by atoms with Crippen molar-refractivity contribution in [1.82, 2.24) is 9.97 Å². The standard InChI is InChI=1S/C15H17BrN4O2/c1-22-10-2-8-17-15-18-9-7-13(20-15)14(21)19-12-5-3-11(16)4-6-12/h3-7,9H,2,8,10H2,1H3,(H,19,21)(H,17,18,20). The van der Waals surface area contributed by atoms with E-state index in [2.05, 4.69) is 36.5 Å². The van der Waals surface area contributed by atoms with Gasteiger partial charge in [-0.3, -0.25) is 4.79 Å². The van der Waals surface area contributed by atoms with Crippen molar-refractivity contribution in [2.24, 2.45) is 0 Å². The molecule has 0 unspecified atom stereocenters. The second kappa shape index (κ2) is 8.45. The average molecular weight is 365 g/mol. The fraction of sp³-hybridized carbons (Fsp3) is 0.267. The number of ether oxygens (including phenoxy) is 1. The van der Waals surface area contributed by atoms with Gasteiger partial charge in [0.05, 0.1) is 0 Å². The SMILES string of the molecule is COCCCNc1nccc(C(=O)Nc2ccc(Br)cc2)n1. The predicted molar refractivity (Wildman–Crippen MR) is 89.1 cm³/mol. The molecule has 116 valence electrons. The molecular formula is C15H17BrN4O2. The number of hydrogen-bond donors (Lipinski definition) is 2. The van der Waals surface area contributed by atoms with Gasteiger partial charge in [-0.15, -0.1) is 0 Å². The summed E-state index contributed by atoms with van der Waals surface area (Å²) in [6.07, 6.45) is 2.40. The number of halogens is 1. The van der Waals surface area contributed by atoms with Crippen LogP contribution in [0.3, 0.4) is 0 Å². The number of amides is 1. The van der Waals surface area contributed by atoms with Crippen LogP contribution >= 0.6 is 15.9 Å². The molecule has 0 aliphatic rings. The molecule has 0 atom stereocenters. The minimum atomic E-state index is -0.273. The van der Waals surface area contributed by atoms with E-state index in [-0.39, 0.29) is 5.91 Å². The van der Waals surface area contributed by atoms with E-state index in [1.54, 1.807) is 19.4 Å². The minimum Gasteiger partial charge on any atom is -0.385 e. The maximum absolute atomic E-state index is 12.2. The zero-order valence-electron chi connectivity index (χ0n) is 12.2. The summed E-state index contributed by atoms with van der Waals surface area (Å²) < 4.78 is 5.92. The topological polar surface area (TPSA) is 76.1 Å². The Morgan fingerprint density at radius 3 is 2.77 bits per heavy atom. The van der Waals surface area contributed by atoms with E-state index >= 15 is 0 Å². The molecule has 0 bridgehead atoms. The number of carbonyl (C=O) groups excluding carboxylic acids is 1. The molecule has 0 saturated heterocycles. The van der Waals surface area contributed by atoms with Gasteiger partial charge in [0.1, 0.15) is 5.69 Å². The van der Waals surface area contributed by atoms with Gasteiger partial charge < -0.3 is 15.4 Å². The summed E-state index contributed by atoms with van der Waals surface area (Å²) in [6.45, 7) is 1.35.